The van der Waals surface area contributed by atoms with Gasteiger partial charge in [0.25, 0.3) is 0 Å². The lowest BCUT2D eigenvalue weighted by molar-refractivity contribution is 0.599. The van der Waals surface area contributed by atoms with Crippen molar-refractivity contribution in [3.63, 3.8) is 0 Å². The summed E-state index contributed by atoms with van der Waals surface area (Å²) in [5.74, 6) is 1.06. The zero-order valence-electron chi connectivity index (χ0n) is 14.2. The maximum absolute atomic E-state index is 11.6. The van der Waals surface area contributed by atoms with E-state index in [1.54, 1.807) is 12.5 Å². The predicted molar refractivity (Wildman–Crippen MR) is 98.6 cm³/mol. The molecule has 0 spiro atoms. The number of aromatic nitrogens is 2. The molecular weight excluding hydrogens is 338 g/mol. The second-order valence-corrected chi connectivity index (χ2v) is 8.27. The van der Waals surface area contributed by atoms with Crippen molar-refractivity contribution in [2.45, 2.75) is 25.9 Å². The molecule has 2 aromatic rings. The molecule has 8 heteroatoms. The van der Waals surface area contributed by atoms with Gasteiger partial charge in [0.2, 0.25) is 0 Å². The first-order chi connectivity index (χ1) is 12.1. The molecule has 3 rings (SSSR count). The van der Waals surface area contributed by atoms with Crippen LogP contribution >= 0.6 is 0 Å². The molecule has 1 aliphatic heterocycles. The molecule has 7 nitrogen and oxygen atoms in total. The van der Waals surface area contributed by atoms with Gasteiger partial charge in [-0.3, -0.25) is 0 Å². The van der Waals surface area contributed by atoms with Gasteiger partial charge in [-0.05, 0) is 25.0 Å². The Kier molecular flexibility index (Phi) is 5.37. The van der Waals surface area contributed by atoms with Crippen LogP contribution in [-0.2, 0) is 16.4 Å². The Morgan fingerprint density at radius 2 is 2.24 bits per heavy atom. The molecular formula is C17H23N5O2S. The first kappa shape index (κ1) is 17.5. The number of sulfone groups is 1. The number of aliphatic imine (C=N–C) groups is 1. The SMILES string of the molecule is CCNC(=NCc1ccccc1-n1ccnc1)NC1CCS(=O)(=O)C1. The summed E-state index contributed by atoms with van der Waals surface area (Å²) in [6.07, 6.45) is 6.02. The van der Waals surface area contributed by atoms with Gasteiger partial charge in [-0.25, -0.2) is 18.4 Å². The molecule has 0 bridgehead atoms. The maximum atomic E-state index is 11.6. The van der Waals surface area contributed by atoms with Crippen molar-refractivity contribution in [3.8, 4) is 5.69 Å². The fourth-order valence-corrected chi connectivity index (χ4v) is 4.56. The summed E-state index contributed by atoms with van der Waals surface area (Å²) in [7, 11) is -2.92. The van der Waals surface area contributed by atoms with Gasteiger partial charge in [-0.15, -0.1) is 0 Å². The van der Waals surface area contributed by atoms with E-state index in [1.807, 2.05) is 42.0 Å². The molecule has 25 heavy (non-hydrogen) atoms. The van der Waals surface area contributed by atoms with E-state index < -0.39 is 9.84 Å². The predicted octanol–water partition coefficient (Wildman–Crippen LogP) is 1.11. The standard InChI is InChI=1S/C17H23N5O2S/c1-2-19-17(21-15-7-10-25(23,24)12-15)20-11-14-5-3-4-6-16(14)22-9-8-18-13-22/h3-6,8-9,13,15H,2,7,10-12H2,1H3,(H2,19,20,21). The number of hydrogen-bond donors (Lipinski definition) is 2. The Balaban J connectivity index is 1.74. The molecule has 1 saturated heterocycles. The first-order valence-electron chi connectivity index (χ1n) is 8.39. The van der Waals surface area contributed by atoms with E-state index in [9.17, 15) is 8.42 Å². The van der Waals surface area contributed by atoms with Gasteiger partial charge < -0.3 is 15.2 Å². The fourth-order valence-electron chi connectivity index (χ4n) is 2.88. The van der Waals surface area contributed by atoms with Gasteiger partial charge in [0.15, 0.2) is 15.8 Å². The minimum atomic E-state index is -2.92. The van der Waals surface area contributed by atoms with Gasteiger partial charge in [-0.2, -0.15) is 0 Å². The third-order valence-electron chi connectivity index (χ3n) is 4.10. The summed E-state index contributed by atoms with van der Waals surface area (Å²) in [4.78, 5) is 8.72. The summed E-state index contributed by atoms with van der Waals surface area (Å²) in [5, 5.41) is 6.42. The second kappa shape index (κ2) is 7.69. The van der Waals surface area contributed by atoms with Crippen molar-refractivity contribution in [2.24, 2.45) is 4.99 Å². The third-order valence-corrected chi connectivity index (χ3v) is 5.87. The van der Waals surface area contributed by atoms with Crippen LogP contribution in [-0.4, -0.2) is 48.0 Å². The quantitative estimate of drug-likeness (QED) is 0.615. The summed E-state index contributed by atoms with van der Waals surface area (Å²) < 4.78 is 25.2. The molecule has 0 amide bonds. The monoisotopic (exact) mass is 361 g/mol. The number of nitrogens with zero attached hydrogens (tertiary/aromatic N) is 3. The van der Waals surface area contributed by atoms with Crippen molar-refractivity contribution >= 4 is 15.8 Å². The summed E-state index contributed by atoms with van der Waals surface area (Å²) in [5.41, 5.74) is 2.10. The molecule has 134 valence electrons. The molecule has 2 heterocycles. The van der Waals surface area contributed by atoms with E-state index in [1.165, 1.54) is 0 Å². The lowest BCUT2D eigenvalue weighted by Gasteiger charge is -2.16. The van der Waals surface area contributed by atoms with E-state index in [0.717, 1.165) is 11.3 Å². The van der Waals surface area contributed by atoms with Gasteiger partial charge in [0.1, 0.15) is 0 Å². The zero-order chi connectivity index (χ0) is 17.7. The number of hydrogen-bond acceptors (Lipinski definition) is 4. The van der Waals surface area contributed by atoms with Crippen molar-refractivity contribution < 1.29 is 8.42 Å². The molecule has 1 atom stereocenters. The van der Waals surface area contributed by atoms with Crippen LogP contribution in [0.1, 0.15) is 18.9 Å². The normalized spacial score (nSPS) is 19.7. The van der Waals surface area contributed by atoms with Crippen LogP contribution in [0.4, 0.5) is 0 Å². The van der Waals surface area contributed by atoms with Crippen LogP contribution in [0.3, 0.4) is 0 Å². The van der Waals surface area contributed by atoms with Gasteiger partial charge >= 0.3 is 0 Å². The van der Waals surface area contributed by atoms with Crippen molar-refractivity contribution in [3.05, 3.63) is 48.5 Å². The summed E-state index contributed by atoms with van der Waals surface area (Å²) in [6.45, 7) is 3.19. The largest absolute Gasteiger partial charge is 0.357 e. The highest BCUT2D eigenvalue weighted by Gasteiger charge is 2.28. The Bertz CT molecular complexity index is 830. The number of para-hydroxylation sites is 1. The molecule has 0 saturated carbocycles. The van der Waals surface area contributed by atoms with Crippen LogP contribution in [0.2, 0.25) is 0 Å². The van der Waals surface area contributed by atoms with Gasteiger partial charge in [0.05, 0.1) is 30.1 Å². The van der Waals surface area contributed by atoms with Crippen LogP contribution in [0.5, 0.6) is 0 Å². The lowest BCUT2D eigenvalue weighted by atomic mass is 10.2. The van der Waals surface area contributed by atoms with Gasteiger partial charge in [0, 0.05) is 25.0 Å². The maximum Gasteiger partial charge on any atom is 0.191 e. The minimum Gasteiger partial charge on any atom is -0.357 e. The van der Waals surface area contributed by atoms with Crippen molar-refractivity contribution in [1.82, 2.24) is 20.2 Å². The highest BCUT2D eigenvalue weighted by atomic mass is 32.2. The molecule has 0 aliphatic carbocycles. The van der Waals surface area contributed by atoms with Crippen molar-refractivity contribution in [2.75, 3.05) is 18.1 Å². The molecule has 1 aliphatic rings. The molecule has 0 radical (unpaired) electrons. The fraction of sp³-hybridized carbons (Fsp3) is 0.412. The molecule has 1 aromatic heterocycles. The number of imidazole rings is 1. The molecule has 1 unspecified atom stereocenters. The summed E-state index contributed by atoms with van der Waals surface area (Å²) in [6, 6.07) is 7.94. The van der Waals surface area contributed by atoms with Crippen LogP contribution < -0.4 is 10.6 Å². The lowest BCUT2D eigenvalue weighted by Crippen LogP contribution is -2.44. The third kappa shape index (κ3) is 4.60. The van der Waals surface area contributed by atoms with Crippen molar-refractivity contribution in [1.29, 1.82) is 0 Å². The smallest absolute Gasteiger partial charge is 0.191 e. The van der Waals surface area contributed by atoms with E-state index in [4.69, 9.17) is 0 Å². The second-order valence-electron chi connectivity index (χ2n) is 6.04. The average Bonchev–Trinajstić information content (AvgIpc) is 3.23. The van der Waals surface area contributed by atoms with Gasteiger partial charge in [-0.1, -0.05) is 18.2 Å². The van der Waals surface area contributed by atoms with E-state index >= 15 is 0 Å². The molecule has 2 N–H and O–H groups in total. The minimum absolute atomic E-state index is 0.0771. The highest BCUT2D eigenvalue weighted by Crippen LogP contribution is 2.15. The number of guanidine groups is 1. The van der Waals surface area contributed by atoms with E-state index in [2.05, 4.69) is 20.6 Å². The van der Waals surface area contributed by atoms with Crippen LogP contribution in [0.15, 0.2) is 48.0 Å². The average molecular weight is 361 g/mol. The molecule has 1 fully saturated rings. The number of benzene rings is 1. The number of nitrogens with one attached hydrogen (secondary N) is 2. The highest BCUT2D eigenvalue weighted by molar-refractivity contribution is 7.91. The number of rotatable bonds is 5. The van der Waals surface area contributed by atoms with Crippen LogP contribution in [0.25, 0.3) is 5.69 Å². The topological polar surface area (TPSA) is 88.4 Å². The summed E-state index contributed by atoms with van der Waals surface area (Å²) >= 11 is 0. The van der Waals surface area contributed by atoms with E-state index in [0.29, 0.717) is 25.5 Å². The Labute approximate surface area is 148 Å². The van der Waals surface area contributed by atoms with E-state index in [-0.39, 0.29) is 17.5 Å². The first-order valence-corrected chi connectivity index (χ1v) is 10.2. The molecule has 1 aromatic carbocycles. The Morgan fingerprint density at radius 3 is 2.92 bits per heavy atom. The Morgan fingerprint density at radius 1 is 1.40 bits per heavy atom. The zero-order valence-corrected chi connectivity index (χ0v) is 15.0. The Hall–Kier alpha value is -2.35. The van der Waals surface area contributed by atoms with Crippen LogP contribution in [0, 0.1) is 0 Å².